The van der Waals surface area contributed by atoms with Crippen LogP contribution in [0.5, 0.6) is 5.75 Å². The Kier molecular flexibility index (Phi) is 3.80. The van der Waals surface area contributed by atoms with E-state index in [0.29, 0.717) is 15.8 Å². The van der Waals surface area contributed by atoms with Gasteiger partial charge in [-0.15, -0.1) is 0 Å². The van der Waals surface area contributed by atoms with Gasteiger partial charge >= 0.3 is 0 Å². The van der Waals surface area contributed by atoms with Crippen molar-refractivity contribution in [2.24, 2.45) is 5.73 Å². The van der Waals surface area contributed by atoms with E-state index in [-0.39, 0.29) is 18.1 Å². The molecular weight excluding hydrogens is 261 g/mol. The third kappa shape index (κ3) is 2.37. The zero-order chi connectivity index (χ0) is 12.6. The van der Waals surface area contributed by atoms with Gasteiger partial charge in [0, 0.05) is 23.2 Å². The minimum atomic E-state index is -0.0584. The SMILES string of the molecule is COc1cc(Cl)c(C2NNC(C)C2N)cc1Cl. The van der Waals surface area contributed by atoms with Crippen LogP contribution in [0.4, 0.5) is 0 Å². The zero-order valence-corrected chi connectivity index (χ0v) is 11.1. The summed E-state index contributed by atoms with van der Waals surface area (Å²) >= 11 is 12.3. The van der Waals surface area contributed by atoms with E-state index in [1.165, 1.54) is 0 Å². The lowest BCUT2D eigenvalue weighted by atomic mass is 9.98. The molecule has 0 bridgehead atoms. The summed E-state index contributed by atoms with van der Waals surface area (Å²) in [6.07, 6.45) is 0. The summed E-state index contributed by atoms with van der Waals surface area (Å²) in [4.78, 5) is 0. The summed E-state index contributed by atoms with van der Waals surface area (Å²) in [6, 6.07) is 3.56. The normalized spacial score (nSPS) is 28.4. The van der Waals surface area contributed by atoms with Gasteiger partial charge in [-0.2, -0.15) is 0 Å². The maximum absolute atomic E-state index is 6.21. The average molecular weight is 276 g/mol. The molecule has 0 radical (unpaired) electrons. The van der Waals surface area contributed by atoms with Crippen molar-refractivity contribution in [3.63, 3.8) is 0 Å². The van der Waals surface area contributed by atoms with Crippen molar-refractivity contribution in [2.75, 3.05) is 7.11 Å². The van der Waals surface area contributed by atoms with Crippen LogP contribution in [0.1, 0.15) is 18.5 Å². The molecule has 1 aromatic carbocycles. The molecule has 4 nitrogen and oxygen atoms in total. The monoisotopic (exact) mass is 275 g/mol. The first kappa shape index (κ1) is 12.9. The van der Waals surface area contributed by atoms with Gasteiger partial charge in [-0.25, -0.2) is 5.43 Å². The Balaban J connectivity index is 2.36. The standard InChI is InChI=1S/C11H15Cl2N3O/c1-5-10(14)11(16-15-5)6-3-8(13)9(17-2)4-7(6)12/h3-5,10-11,15-16H,14H2,1-2H3. The predicted molar refractivity (Wildman–Crippen MR) is 69.5 cm³/mol. The number of rotatable bonds is 2. The third-order valence-corrected chi connectivity index (χ3v) is 3.66. The number of halogens is 2. The largest absolute Gasteiger partial charge is 0.495 e. The first-order valence-electron chi connectivity index (χ1n) is 5.34. The minimum absolute atomic E-state index is 0.0547. The van der Waals surface area contributed by atoms with Crippen LogP contribution in [-0.2, 0) is 0 Å². The highest BCUT2D eigenvalue weighted by Crippen LogP contribution is 2.35. The summed E-state index contributed by atoms with van der Waals surface area (Å²) < 4.78 is 5.11. The van der Waals surface area contributed by atoms with Crippen LogP contribution < -0.4 is 21.3 Å². The van der Waals surface area contributed by atoms with Gasteiger partial charge in [-0.3, -0.25) is 5.43 Å². The number of hydrogen-bond donors (Lipinski definition) is 3. The molecule has 1 fully saturated rings. The highest BCUT2D eigenvalue weighted by molar-refractivity contribution is 6.34. The fourth-order valence-corrected chi connectivity index (χ4v) is 2.45. The van der Waals surface area contributed by atoms with Crippen LogP contribution in [0.15, 0.2) is 12.1 Å². The van der Waals surface area contributed by atoms with Gasteiger partial charge in [0.25, 0.3) is 0 Å². The number of nitrogens with two attached hydrogens (primary N) is 1. The van der Waals surface area contributed by atoms with E-state index in [2.05, 4.69) is 10.9 Å². The summed E-state index contributed by atoms with van der Waals surface area (Å²) in [5.41, 5.74) is 13.2. The maximum Gasteiger partial charge on any atom is 0.138 e. The molecule has 0 spiro atoms. The van der Waals surface area contributed by atoms with E-state index in [1.807, 2.05) is 6.92 Å². The molecule has 17 heavy (non-hydrogen) atoms. The van der Waals surface area contributed by atoms with Crippen LogP contribution in [-0.4, -0.2) is 19.2 Å². The van der Waals surface area contributed by atoms with Crippen molar-refractivity contribution in [2.45, 2.75) is 25.0 Å². The second-order valence-electron chi connectivity index (χ2n) is 4.14. The van der Waals surface area contributed by atoms with Crippen molar-refractivity contribution in [1.82, 2.24) is 10.9 Å². The van der Waals surface area contributed by atoms with E-state index < -0.39 is 0 Å². The quantitative estimate of drug-likeness (QED) is 0.771. The first-order valence-corrected chi connectivity index (χ1v) is 6.09. The molecule has 94 valence electrons. The fraction of sp³-hybridized carbons (Fsp3) is 0.455. The number of hydrogen-bond acceptors (Lipinski definition) is 4. The fourth-order valence-electron chi connectivity index (χ4n) is 1.93. The van der Waals surface area contributed by atoms with Crippen molar-refractivity contribution in [3.8, 4) is 5.75 Å². The highest BCUT2D eigenvalue weighted by atomic mass is 35.5. The highest BCUT2D eigenvalue weighted by Gasteiger charge is 2.32. The van der Waals surface area contributed by atoms with Gasteiger partial charge in [0.05, 0.1) is 18.2 Å². The lowest BCUT2D eigenvalue weighted by molar-refractivity contribution is 0.414. The van der Waals surface area contributed by atoms with Crippen LogP contribution in [0.3, 0.4) is 0 Å². The van der Waals surface area contributed by atoms with Gasteiger partial charge in [0.15, 0.2) is 0 Å². The number of hydrazine groups is 1. The van der Waals surface area contributed by atoms with E-state index in [1.54, 1.807) is 19.2 Å². The summed E-state index contributed by atoms with van der Waals surface area (Å²) in [5, 5.41) is 1.12. The van der Waals surface area contributed by atoms with Crippen molar-refractivity contribution >= 4 is 23.2 Å². The van der Waals surface area contributed by atoms with Crippen molar-refractivity contribution < 1.29 is 4.74 Å². The van der Waals surface area contributed by atoms with E-state index in [0.717, 1.165) is 5.56 Å². The summed E-state index contributed by atoms with van der Waals surface area (Å²) in [5.74, 6) is 0.563. The molecule has 1 aliphatic heterocycles. The van der Waals surface area contributed by atoms with Crippen LogP contribution >= 0.6 is 23.2 Å². The predicted octanol–water partition coefficient (Wildman–Crippen LogP) is 1.87. The number of benzene rings is 1. The van der Waals surface area contributed by atoms with Crippen LogP contribution in [0.25, 0.3) is 0 Å². The average Bonchev–Trinajstić information content (AvgIpc) is 2.63. The Morgan fingerprint density at radius 1 is 1.24 bits per heavy atom. The Morgan fingerprint density at radius 2 is 1.94 bits per heavy atom. The van der Waals surface area contributed by atoms with Gasteiger partial charge in [-0.1, -0.05) is 23.2 Å². The van der Waals surface area contributed by atoms with Gasteiger partial charge in [-0.05, 0) is 18.6 Å². The Morgan fingerprint density at radius 3 is 2.47 bits per heavy atom. The molecule has 1 heterocycles. The molecule has 2 rings (SSSR count). The number of nitrogens with one attached hydrogen (secondary N) is 2. The number of methoxy groups -OCH3 is 1. The maximum atomic E-state index is 6.21. The topological polar surface area (TPSA) is 59.3 Å². The molecular formula is C11H15Cl2N3O. The second kappa shape index (κ2) is 5.00. The molecule has 1 saturated heterocycles. The smallest absolute Gasteiger partial charge is 0.138 e. The van der Waals surface area contributed by atoms with E-state index in [9.17, 15) is 0 Å². The van der Waals surface area contributed by atoms with E-state index in [4.69, 9.17) is 33.7 Å². The van der Waals surface area contributed by atoms with Gasteiger partial charge in [0.1, 0.15) is 5.75 Å². The first-order chi connectivity index (χ1) is 8.04. The molecule has 0 saturated carbocycles. The molecule has 1 aliphatic rings. The van der Waals surface area contributed by atoms with Crippen LogP contribution in [0.2, 0.25) is 10.0 Å². The summed E-state index contributed by atoms with van der Waals surface area (Å²) in [7, 11) is 1.56. The molecule has 1 aromatic rings. The van der Waals surface area contributed by atoms with Gasteiger partial charge in [0.2, 0.25) is 0 Å². The zero-order valence-electron chi connectivity index (χ0n) is 9.63. The Labute approximate surface area is 110 Å². The molecule has 3 unspecified atom stereocenters. The molecule has 6 heteroatoms. The third-order valence-electron chi connectivity index (χ3n) is 3.03. The molecule has 3 atom stereocenters. The number of ether oxygens (including phenoxy) is 1. The van der Waals surface area contributed by atoms with Crippen LogP contribution in [0, 0.1) is 0 Å². The Hall–Kier alpha value is -0.520. The van der Waals surface area contributed by atoms with E-state index >= 15 is 0 Å². The lowest BCUT2D eigenvalue weighted by Gasteiger charge is -2.19. The minimum Gasteiger partial charge on any atom is -0.495 e. The second-order valence-corrected chi connectivity index (χ2v) is 4.96. The summed E-state index contributed by atoms with van der Waals surface area (Å²) in [6.45, 7) is 2.01. The van der Waals surface area contributed by atoms with Crippen molar-refractivity contribution in [1.29, 1.82) is 0 Å². The van der Waals surface area contributed by atoms with Gasteiger partial charge < -0.3 is 10.5 Å². The lowest BCUT2D eigenvalue weighted by Crippen LogP contribution is -2.35. The molecule has 0 aliphatic carbocycles. The Bertz CT molecular complexity index is 427. The molecule has 0 aromatic heterocycles. The van der Waals surface area contributed by atoms with Crippen molar-refractivity contribution in [3.05, 3.63) is 27.7 Å². The molecule has 0 amide bonds. The molecule has 4 N–H and O–H groups in total.